The van der Waals surface area contributed by atoms with Crippen LogP contribution in [0.4, 0.5) is 4.79 Å². The molecule has 0 bridgehead atoms. The topological polar surface area (TPSA) is 104 Å². The summed E-state index contributed by atoms with van der Waals surface area (Å²) in [6.07, 6.45) is 3.25. The number of amides is 1. The van der Waals surface area contributed by atoms with Crippen molar-refractivity contribution in [2.24, 2.45) is 0 Å². The van der Waals surface area contributed by atoms with E-state index in [-0.39, 0.29) is 25.6 Å². The van der Waals surface area contributed by atoms with Gasteiger partial charge in [0.25, 0.3) is 0 Å². The molecule has 1 amide bonds. The number of hydrogen-bond donors (Lipinski definition) is 1. The normalized spacial score (nSPS) is 13.2. The van der Waals surface area contributed by atoms with E-state index >= 15 is 0 Å². The molecule has 5 rings (SSSR count). The van der Waals surface area contributed by atoms with Crippen LogP contribution in [0.3, 0.4) is 0 Å². The Morgan fingerprint density at radius 3 is 2.11 bits per heavy atom. The quantitative estimate of drug-likeness (QED) is 0.142. The van der Waals surface area contributed by atoms with Gasteiger partial charge in [-0.2, -0.15) is 0 Å². The van der Waals surface area contributed by atoms with Crippen LogP contribution < -0.4 is 5.32 Å². The molecule has 0 aliphatic heterocycles. The average Bonchev–Trinajstić information content (AvgIpc) is 3.38. The first-order chi connectivity index (χ1) is 21.5. The van der Waals surface area contributed by atoms with E-state index < -0.39 is 30.2 Å². The van der Waals surface area contributed by atoms with Crippen LogP contribution in [0.5, 0.6) is 0 Å². The molecule has 0 unspecified atom stereocenters. The highest BCUT2D eigenvalue weighted by molar-refractivity contribution is 5.85. The van der Waals surface area contributed by atoms with Gasteiger partial charge in [-0.15, -0.1) is 0 Å². The zero-order chi connectivity index (χ0) is 30.7. The molecule has 2 atom stereocenters. The largest absolute Gasteiger partial charge is 0.458 e. The van der Waals surface area contributed by atoms with Crippen molar-refractivity contribution < 1.29 is 28.6 Å². The molecule has 0 spiro atoms. The summed E-state index contributed by atoms with van der Waals surface area (Å²) < 4.78 is 16.9. The third-order valence-electron chi connectivity index (χ3n) is 7.65. The second kappa shape index (κ2) is 15.0. The van der Waals surface area contributed by atoms with Crippen LogP contribution in [0.2, 0.25) is 0 Å². The number of hydrogen-bond acceptors (Lipinski definition) is 7. The summed E-state index contributed by atoms with van der Waals surface area (Å²) in [6.45, 7) is 2.15. The fraction of sp³-hybridized carbons (Fsp3) is 0.278. The van der Waals surface area contributed by atoms with Crippen LogP contribution in [0, 0.1) is 0 Å². The summed E-state index contributed by atoms with van der Waals surface area (Å²) >= 11 is 0. The van der Waals surface area contributed by atoms with Crippen molar-refractivity contribution in [3.8, 4) is 11.1 Å². The Kier molecular flexibility index (Phi) is 10.4. The number of nitrogens with one attached hydrogen (secondary N) is 1. The molecular weight excluding hydrogens is 556 g/mol. The lowest BCUT2D eigenvalue weighted by atomic mass is 9.98. The van der Waals surface area contributed by atoms with Crippen LogP contribution in [0.1, 0.15) is 54.4 Å². The van der Waals surface area contributed by atoms with E-state index in [1.807, 2.05) is 73.7 Å². The van der Waals surface area contributed by atoms with Crippen LogP contribution >= 0.6 is 0 Å². The smallest absolute Gasteiger partial charge is 0.407 e. The highest BCUT2D eigenvalue weighted by atomic mass is 16.6. The number of carbonyl (C=O) groups excluding carboxylic acids is 3. The molecule has 8 heteroatoms. The number of ether oxygens (including phenoxy) is 3. The van der Waals surface area contributed by atoms with E-state index in [2.05, 4.69) is 22.4 Å². The number of benzene rings is 3. The average molecular weight is 593 g/mol. The molecule has 0 saturated carbocycles. The summed E-state index contributed by atoms with van der Waals surface area (Å²) in [5.41, 5.74) is 5.94. The second-order valence-electron chi connectivity index (χ2n) is 10.7. The fourth-order valence-corrected chi connectivity index (χ4v) is 5.39. The van der Waals surface area contributed by atoms with Gasteiger partial charge < -0.3 is 19.5 Å². The highest BCUT2D eigenvalue weighted by Crippen LogP contribution is 2.44. The molecule has 1 aliphatic carbocycles. The van der Waals surface area contributed by atoms with Gasteiger partial charge in [0, 0.05) is 24.7 Å². The SMILES string of the molecule is CCCC[C@H](OC(=O)[C@H](Cc1cccnc1)NC(=O)OCC1c2ccccc2-c2ccccc21)C(=O)OCc1ccccc1. The van der Waals surface area contributed by atoms with Crippen molar-refractivity contribution >= 4 is 18.0 Å². The number of unbranched alkanes of at least 4 members (excludes halogenated alkanes) is 1. The van der Waals surface area contributed by atoms with E-state index in [0.29, 0.717) is 18.4 Å². The van der Waals surface area contributed by atoms with Gasteiger partial charge in [-0.05, 0) is 52.3 Å². The summed E-state index contributed by atoms with van der Waals surface area (Å²) in [5, 5.41) is 2.68. The molecule has 0 fully saturated rings. The van der Waals surface area contributed by atoms with Crippen molar-refractivity contribution in [1.82, 2.24) is 10.3 Å². The van der Waals surface area contributed by atoms with Gasteiger partial charge in [-0.1, -0.05) is 98.3 Å². The number of pyridine rings is 1. The van der Waals surface area contributed by atoms with Crippen molar-refractivity contribution in [3.05, 3.63) is 126 Å². The van der Waals surface area contributed by atoms with E-state index in [0.717, 1.165) is 34.2 Å². The predicted octanol–water partition coefficient (Wildman–Crippen LogP) is 6.38. The summed E-state index contributed by atoms with van der Waals surface area (Å²) in [5.74, 6) is -1.51. The number of rotatable bonds is 13. The lowest BCUT2D eigenvalue weighted by molar-refractivity contribution is -0.170. The molecule has 0 radical (unpaired) electrons. The Balaban J connectivity index is 1.26. The van der Waals surface area contributed by atoms with E-state index in [1.54, 1.807) is 24.5 Å². The summed E-state index contributed by atoms with van der Waals surface area (Å²) in [6, 6.07) is 27.9. The maximum Gasteiger partial charge on any atom is 0.407 e. The molecule has 4 aromatic rings. The first kappa shape index (κ1) is 30.5. The molecule has 1 aliphatic rings. The summed E-state index contributed by atoms with van der Waals surface area (Å²) in [4.78, 5) is 43.7. The van der Waals surface area contributed by atoms with Gasteiger partial charge in [-0.25, -0.2) is 14.4 Å². The van der Waals surface area contributed by atoms with Crippen LogP contribution in [0.25, 0.3) is 11.1 Å². The lowest BCUT2D eigenvalue weighted by Crippen LogP contribution is -2.46. The van der Waals surface area contributed by atoms with Crippen molar-refractivity contribution in [1.29, 1.82) is 0 Å². The van der Waals surface area contributed by atoms with E-state index in [9.17, 15) is 14.4 Å². The second-order valence-corrected chi connectivity index (χ2v) is 10.7. The van der Waals surface area contributed by atoms with E-state index in [1.165, 1.54) is 0 Å². The number of aromatic nitrogens is 1. The van der Waals surface area contributed by atoms with Crippen molar-refractivity contribution in [2.45, 2.75) is 57.3 Å². The molecular formula is C36H36N2O6. The standard InChI is InChI=1S/C36H36N2O6/c1-2-3-19-33(35(40)42-23-25-12-5-4-6-13-25)44-34(39)32(21-26-14-11-20-37-22-26)38-36(41)43-24-31-29-17-9-7-15-27(29)28-16-8-10-18-30(28)31/h4-18,20,22,31-33H,2-3,19,21,23-24H2,1H3,(H,38,41)/t32-,33-/m0/s1. The number of esters is 2. The van der Waals surface area contributed by atoms with Gasteiger partial charge in [0.1, 0.15) is 19.3 Å². The van der Waals surface area contributed by atoms with Gasteiger partial charge in [-0.3, -0.25) is 4.98 Å². The maximum atomic E-state index is 13.5. The highest BCUT2D eigenvalue weighted by Gasteiger charge is 2.32. The Labute approximate surface area is 257 Å². The first-order valence-corrected chi connectivity index (χ1v) is 14.9. The zero-order valence-corrected chi connectivity index (χ0v) is 24.7. The van der Waals surface area contributed by atoms with E-state index in [4.69, 9.17) is 14.2 Å². The Bertz CT molecular complexity index is 1510. The predicted molar refractivity (Wildman–Crippen MR) is 166 cm³/mol. The molecule has 1 aromatic heterocycles. The van der Waals surface area contributed by atoms with Crippen molar-refractivity contribution in [3.63, 3.8) is 0 Å². The lowest BCUT2D eigenvalue weighted by Gasteiger charge is -2.22. The number of carbonyl (C=O) groups is 3. The third kappa shape index (κ3) is 7.69. The minimum absolute atomic E-state index is 0.0664. The summed E-state index contributed by atoms with van der Waals surface area (Å²) in [7, 11) is 0. The molecule has 1 heterocycles. The Morgan fingerprint density at radius 1 is 0.795 bits per heavy atom. The minimum atomic E-state index is -1.11. The number of fused-ring (bicyclic) bond motifs is 3. The van der Waals surface area contributed by atoms with Gasteiger partial charge in [0.05, 0.1) is 0 Å². The molecule has 1 N–H and O–H groups in total. The van der Waals surface area contributed by atoms with Crippen molar-refractivity contribution in [2.75, 3.05) is 6.61 Å². The molecule has 8 nitrogen and oxygen atoms in total. The van der Waals surface area contributed by atoms with Crippen LogP contribution in [-0.4, -0.2) is 41.8 Å². The van der Waals surface area contributed by atoms with Gasteiger partial charge in [0.2, 0.25) is 0 Å². The first-order valence-electron chi connectivity index (χ1n) is 14.9. The van der Waals surface area contributed by atoms with Crippen LogP contribution in [-0.2, 0) is 36.8 Å². The fourth-order valence-electron chi connectivity index (χ4n) is 5.39. The molecule has 44 heavy (non-hydrogen) atoms. The van der Waals surface area contributed by atoms with Gasteiger partial charge in [0.15, 0.2) is 6.10 Å². The van der Waals surface area contributed by atoms with Gasteiger partial charge >= 0.3 is 18.0 Å². The molecule has 0 saturated heterocycles. The Morgan fingerprint density at radius 2 is 1.45 bits per heavy atom. The third-order valence-corrected chi connectivity index (χ3v) is 7.65. The Hall–Kier alpha value is -4.98. The minimum Gasteiger partial charge on any atom is -0.458 e. The monoisotopic (exact) mass is 592 g/mol. The number of alkyl carbamates (subject to hydrolysis) is 1. The maximum absolute atomic E-state index is 13.5. The number of nitrogens with zero attached hydrogens (tertiary/aromatic N) is 1. The zero-order valence-electron chi connectivity index (χ0n) is 24.7. The van der Waals surface area contributed by atoms with Crippen LogP contribution in [0.15, 0.2) is 103 Å². The molecule has 226 valence electrons. The molecule has 3 aromatic carbocycles.